The normalized spacial score (nSPS) is 10.5. The van der Waals surface area contributed by atoms with Crippen molar-refractivity contribution in [3.05, 3.63) is 108 Å². The minimum Gasteiger partial charge on any atom is -0.255 e. The van der Waals surface area contributed by atoms with Gasteiger partial charge in [-0.2, -0.15) is 0 Å². The first-order chi connectivity index (χ1) is 11.9. The van der Waals surface area contributed by atoms with Gasteiger partial charge in [0, 0.05) is 18.7 Å². The zero-order valence-corrected chi connectivity index (χ0v) is 14.2. The van der Waals surface area contributed by atoms with Crippen molar-refractivity contribution in [1.29, 1.82) is 0 Å². The van der Waals surface area contributed by atoms with Crippen LogP contribution in [0.1, 0.15) is 16.7 Å². The molecule has 0 unspecified atom stereocenters. The van der Waals surface area contributed by atoms with Crippen molar-refractivity contribution in [2.24, 2.45) is 0 Å². The number of nitrogens with zero attached hydrogens (tertiary/aromatic N) is 1. The van der Waals surface area contributed by atoms with E-state index in [1.165, 1.54) is 11.1 Å². The van der Waals surface area contributed by atoms with E-state index in [1.54, 1.807) is 0 Å². The summed E-state index contributed by atoms with van der Waals surface area (Å²) >= 11 is 0.562. The first kappa shape index (κ1) is 16.4. The third kappa shape index (κ3) is 4.28. The topological polar surface area (TPSA) is 20.3 Å². The molecule has 0 bridgehead atoms. The SMILES string of the molecule is O=S=C(c1ccccc1)N(Cc1ccccc1)Cc1ccccc1. The van der Waals surface area contributed by atoms with Crippen molar-refractivity contribution < 1.29 is 4.21 Å². The predicted molar refractivity (Wildman–Crippen MR) is 101 cm³/mol. The van der Waals surface area contributed by atoms with Crippen LogP contribution in [-0.2, 0) is 24.3 Å². The Labute approximate surface area is 146 Å². The van der Waals surface area contributed by atoms with Gasteiger partial charge >= 0.3 is 0 Å². The highest BCUT2D eigenvalue weighted by atomic mass is 32.1. The Hall–Kier alpha value is -2.49. The van der Waals surface area contributed by atoms with Crippen LogP contribution in [0.3, 0.4) is 0 Å². The van der Waals surface area contributed by atoms with Gasteiger partial charge in [0.25, 0.3) is 0 Å². The Morgan fingerprint density at radius 1 is 0.667 bits per heavy atom. The van der Waals surface area contributed by atoms with Crippen molar-refractivity contribution in [3.63, 3.8) is 0 Å². The van der Waals surface area contributed by atoms with E-state index in [1.807, 2.05) is 66.7 Å². The Bertz CT molecular complexity index is 771. The third-order valence-corrected chi connectivity index (χ3v) is 4.47. The average Bonchev–Trinajstić information content (AvgIpc) is 2.65. The molecule has 0 aliphatic carbocycles. The van der Waals surface area contributed by atoms with E-state index in [-0.39, 0.29) is 0 Å². The Balaban J connectivity index is 1.93. The monoisotopic (exact) mass is 333 g/mol. The van der Waals surface area contributed by atoms with Gasteiger partial charge in [0.15, 0.2) is 0 Å². The highest BCUT2D eigenvalue weighted by molar-refractivity contribution is 7.66. The second kappa shape index (κ2) is 8.39. The van der Waals surface area contributed by atoms with E-state index in [2.05, 4.69) is 29.2 Å². The van der Waals surface area contributed by atoms with Crippen molar-refractivity contribution in [1.82, 2.24) is 4.90 Å². The Kier molecular flexibility index (Phi) is 5.72. The molecule has 0 heterocycles. The van der Waals surface area contributed by atoms with Gasteiger partial charge in [0.05, 0.1) is 0 Å². The molecule has 0 atom stereocenters. The second-order valence-electron chi connectivity index (χ2n) is 5.58. The van der Waals surface area contributed by atoms with Crippen LogP contribution in [0, 0.1) is 0 Å². The van der Waals surface area contributed by atoms with E-state index in [0.717, 1.165) is 10.6 Å². The maximum Gasteiger partial charge on any atom is 0.120 e. The minimum atomic E-state index is 0.562. The van der Waals surface area contributed by atoms with E-state index >= 15 is 0 Å². The number of hydrogen-bond acceptors (Lipinski definition) is 1. The molecule has 0 amide bonds. The number of rotatable bonds is 5. The first-order valence-electron chi connectivity index (χ1n) is 7.92. The van der Waals surface area contributed by atoms with Crippen LogP contribution in [0.25, 0.3) is 0 Å². The maximum atomic E-state index is 11.9. The summed E-state index contributed by atoms with van der Waals surface area (Å²) in [6, 6.07) is 30.4. The van der Waals surface area contributed by atoms with Crippen LogP contribution >= 0.6 is 0 Å². The average molecular weight is 333 g/mol. The summed E-state index contributed by atoms with van der Waals surface area (Å²) in [5.41, 5.74) is 3.34. The summed E-state index contributed by atoms with van der Waals surface area (Å²) in [6.07, 6.45) is 0. The van der Waals surface area contributed by atoms with Crippen LogP contribution in [0.4, 0.5) is 0 Å². The summed E-state index contributed by atoms with van der Waals surface area (Å²) in [4.78, 5) is 2.90. The Morgan fingerprint density at radius 3 is 1.50 bits per heavy atom. The molecule has 0 aliphatic heterocycles. The fourth-order valence-electron chi connectivity index (χ4n) is 2.67. The van der Waals surface area contributed by atoms with E-state index in [4.69, 9.17) is 0 Å². The fourth-order valence-corrected chi connectivity index (χ4v) is 3.14. The van der Waals surface area contributed by atoms with Crippen LogP contribution in [-0.4, -0.2) is 14.1 Å². The van der Waals surface area contributed by atoms with Gasteiger partial charge in [0.2, 0.25) is 0 Å². The molecule has 0 spiro atoms. The van der Waals surface area contributed by atoms with Crippen LogP contribution in [0.2, 0.25) is 0 Å². The van der Waals surface area contributed by atoms with Crippen LogP contribution < -0.4 is 0 Å². The lowest BCUT2D eigenvalue weighted by Gasteiger charge is -2.23. The molecule has 0 N–H and O–H groups in total. The molecular weight excluding hydrogens is 314 g/mol. The smallest absolute Gasteiger partial charge is 0.120 e. The highest BCUT2D eigenvalue weighted by Gasteiger charge is 2.15. The molecule has 0 radical (unpaired) electrons. The first-order valence-corrected chi connectivity index (χ1v) is 8.66. The van der Waals surface area contributed by atoms with Crippen molar-refractivity contribution in [3.8, 4) is 0 Å². The molecule has 2 nitrogen and oxygen atoms in total. The minimum absolute atomic E-state index is 0.562. The van der Waals surface area contributed by atoms with Gasteiger partial charge in [-0.05, 0) is 11.1 Å². The van der Waals surface area contributed by atoms with E-state index < -0.39 is 0 Å². The molecular formula is C21H19NOS. The lowest BCUT2D eigenvalue weighted by molar-refractivity contribution is 0.414. The lowest BCUT2D eigenvalue weighted by Crippen LogP contribution is -2.30. The lowest BCUT2D eigenvalue weighted by atomic mass is 10.1. The van der Waals surface area contributed by atoms with Crippen molar-refractivity contribution >= 4 is 16.2 Å². The molecule has 0 saturated carbocycles. The van der Waals surface area contributed by atoms with E-state index in [0.29, 0.717) is 24.3 Å². The van der Waals surface area contributed by atoms with Gasteiger partial charge < -0.3 is 0 Å². The van der Waals surface area contributed by atoms with Crippen molar-refractivity contribution in [2.75, 3.05) is 0 Å². The molecule has 0 fully saturated rings. The molecule has 3 aromatic rings. The van der Waals surface area contributed by atoms with Crippen LogP contribution in [0.5, 0.6) is 0 Å². The molecule has 0 saturated heterocycles. The summed E-state index contributed by atoms with van der Waals surface area (Å²) in [5, 5.41) is 0. The Morgan fingerprint density at radius 2 is 1.08 bits per heavy atom. The molecule has 24 heavy (non-hydrogen) atoms. The highest BCUT2D eigenvalue weighted by Crippen LogP contribution is 2.14. The zero-order chi connectivity index (χ0) is 16.6. The van der Waals surface area contributed by atoms with Gasteiger partial charge in [-0.1, -0.05) is 91.0 Å². The molecule has 3 aromatic carbocycles. The summed E-state index contributed by atoms with van der Waals surface area (Å²) in [6.45, 7) is 1.41. The summed E-state index contributed by atoms with van der Waals surface area (Å²) in [7, 11) is 0. The third-order valence-electron chi connectivity index (χ3n) is 3.82. The van der Waals surface area contributed by atoms with Crippen molar-refractivity contribution in [2.45, 2.75) is 13.1 Å². The molecule has 0 aliphatic rings. The van der Waals surface area contributed by atoms with Gasteiger partial charge in [-0.25, -0.2) is 4.21 Å². The number of hydrogen-bond donors (Lipinski definition) is 0. The molecule has 120 valence electrons. The fraction of sp³-hybridized carbons (Fsp3) is 0.0952. The van der Waals surface area contributed by atoms with Gasteiger partial charge in [-0.3, -0.25) is 4.90 Å². The predicted octanol–water partition coefficient (Wildman–Crippen LogP) is 4.08. The summed E-state index contributed by atoms with van der Waals surface area (Å²) in [5.74, 6) is 0. The molecule has 0 aromatic heterocycles. The maximum absolute atomic E-state index is 11.9. The van der Waals surface area contributed by atoms with Crippen LogP contribution in [0.15, 0.2) is 91.0 Å². The summed E-state index contributed by atoms with van der Waals surface area (Å²) < 4.78 is 11.9. The van der Waals surface area contributed by atoms with Gasteiger partial charge in [0.1, 0.15) is 16.2 Å². The number of benzene rings is 3. The molecule has 3 heteroatoms. The van der Waals surface area contributed by atoms with E-state index in [9.17, 15) is 4.21 Å². The zero-order valence-electron chi connectivity index (χ0n) is 13.3. The van der Waals surface area contributed by atoms with Gasteiger partial charge in [-0.15, -0.1) is 0 Å². The second-order valence-corrected chi connectivity index (χ2v) is 6.14. The standard InChI is InChI=1S/C21H19NOS/c23-24-21(20-14-8-3-9-15-20)22(16-18-10-4-1-5-11-18)17-19-12-6-2-7-13-19/h1-15H,16-17H2. The largest absolute Gasteiger partial charge is 0.255 e. The quantitative estimate of drug-likeness (QED) is 0.656. The molecule has 3 rings (SSSR count).